The average molecular weight is 1330 g/mol. The van der Waals surface area contributed by atoms with Crippen molar-refractivity contribution < 1.29 is 11.1 Å². The standard InChI is InChI=1S/4C6H5.8C4H9.O4Si.4Sn/c4*1-2-4-6-5-3-1;8*1-4(2)3;1-5(2,3)4;;;;/h4*1-5H;8*1-3H3;;;;;/q;;;;;;;;;;;;-4;4*+1. The second kappa shape index (κ2) is 19.6. The zero-order valence-electron chi connectivity index (χ0n) is 45.7. The van der Waals surface area contributed by atoms with Crippen LogP contribution in [0.15, 0.2) is 121 Å². The third-order valence-electron chi connectivity index (χ3n) is 14.3. The van der Waals surface area contributed by atoms with Crippen molar-refractivity contribution in [2.24, 2.45) is 0 Å². The second-order valence-electron chi connectivity index (χ2n) is 27.1. The van der Waals surface area contributed by atoms with E-state index in [4.69, 9.17) is 0 Å². The molecule has 0 fully saturated rings. The zero-order chi connectivity index (χ0) is 49.8. The molecule has 0 spiro atoms. The fourth-order valence-electron chi connectivity index (χ4n) is 13.0. The third-order valence-corrected chi connectivity index (χ3v) is 96.9. The Morgan fingerprint density at radius 1 is 0.231 bits per heavy atom. The Labute approximate surface area is 419 Å². The fourth-order valence-corrected chi connectivity index (χ4v) is 125. The van der Waals surface area contributed by atoms with Crippen LogP contribution in [0.5, 0.6) is 0 Å². The maximum atomic E-state index is 9.18. The summed E-state index contributed by atoms with van der Waals surface area (Å²) in [5.41, 5.74) is 0. The van der Waals surface area contributed by atoms with E-state index in [2.05, 4.69) is 287 Å². The Kier molecular flexibility index (Phi) is 17.4. The van der Waals surface area contributed by atoms with Gasteiger partial charge in [0.1, 0.15) is 0 Å². The van der Waals surface area contributed by atoms with Crippen LogP contribution in [0.25, 0.3) is 0 Å². The van der Waals surface area contributed by atoms with Gasteiger partial charge in [-0.05, 0) is 0 Å². The van der Waals surface area contributed by atoms with E-state index in [0.29, 0.717) is 0 Å². The summed E-state index contributed by atoms with van der Waals surface area (Å²) in [7, 11) is -4.57. The van der Waals surface area contributed by atoms with Crippen molar-refractivity contribution in [2.45, 2.75) is 194 Å². The monoisotopic (exact) mass is 1340 g/mol. The molecule has 4 aromatic carbocycles. The van der Waals surface area contributed by atoms with Crippen LogP contribution in [-0.2, 0) is 11.1 Å². The third kappa shape index (κ3) is 10.7. The van der Waals surface area contributed by atoms with Crippen LogP contribution < -0.4 is 14.3 Å². The molecule has 0 heterocycles. The molecule has 0 aliphatic rings. The van der Waals surface area contributed by atoms with Crippen LogP contribution in [0.3, 0.4) is 0 Å². The fraction of sp³-hybridized carbons (Fsp3) is 0.571. The molecule has 0 radical (unpaired) electrons. The van der Waals surface area contributed by atoms with Gasteiger partial charge < -0.3 is 0 Å². The molecule has 65 heavy (non-hydrogen) atoms. The minimum atomic E-state index is -4.61. The Hall–Kier alpha value is 0.132. The predicted molar refractivity (Wildman–Crippen MR) is 295 cm³/mol. The minimum absolute atomic E-state index is 0.264. The van der Waals surface area contributed by atoms with E-state index >= 15 is 0 Å². The SMILES string of the molecule is C[C](C)(C)[Sn]([O][Si]([O][Sn]([c]1ccccc1)([C](C)(C)C)[C](C)(C)C)([O][Sn]([c]1ccccc1)([C](C)(C)C)[C](C)(C)C)[O][Sn]([c]1ccccc1)([C](C)(C)C)[C](C)(C)C)([c]1ccccc1)[C](C)(C)C. The van der Waals surface area contributed by atoms with Gasteiger partial charge in [-0.25, -0.2) is 0 Å². The summed E-state index contributed by atoms with van der Waals surface area (Å²) in [5, 5.41) is 0. The van der Waals surface area contributed by atoms with Crippen LogP contribution >= 0.6 is 0 Å². The Morgan fingerprint density at radius 2 is 0.354 bits per heavy atom. The molecule has 0 atom stereocenters. The Bertz CT molecular complexity index is 1770. The van der Waals surface area contributed by atoms with Gasteiger partial charge in [-0.1, -0.05) is 0 Å². The van der Waals surface area contributed by atoms with E-state index in [0.717, 1.165) is 0 Å². The molecule has 0 unspecified atom stereocenters. The maximum absolute atomic E-state index is 9.18. The quantitative estimate of drug-likeness (QED) is 0.133. The van der Waals surface area contributed by atoms with Gasteiger partial charge in [0.2, 0.25) is 0 Å². The van der Waals surface area contributed by atoms with Crippen molar-refractivity contribution in [2.75, 3.05) is 0 Å². The molecule has 0 saturated carbocycles. The van der Waals surface area contributed by atoms with Crippen LogP contribution in [-0.4, -0.2) is 84.2 Å². The number of benzene rings is 4. The summed E-state index contributed by atoms with van der Waals surface area (Å²) in [6, 6.07) is 45.4. The molecule has 360 valence electrons. The second-order valence-corrected chi connectivity index (χ2v) is 92.3. The molecule has 0 aliphatic heterocycles. The van der Waals surface area contributed by atoms with Gasteiger partial charge in [-0.15, -0.1) is 0 Å². The van der Waals surface area contributed by atoms with E-state index in [9.17, 15) is 11.1 Å². The average Bonchev–Trinajstić information content (AvgIpc) is 3.14. The number of hydrogen-bond acceptors (Lipinski definition) is 4. The van der Waals surface area contributed by atoms with Gasteiger partial charge in [-0.3, -0.25) is 0 Å². The summed E-state index contributed by atoms with van der Waals surface area (Å²) in [5.74, 6) is 0. The first-order valence-electron chi connectivity index (χ1n) is 24.3. The number of hydrogen-bond donors (Lipinski definition) is 0. The Morgan fingerprint density at radius 3 is 0.462 bits per heavy atom. The summed E-state index contributed by atoms with van der Waals surface area (Å²) in [6.45, 7) is 58.8. The van der Waals surface area contributed by atoms with Gasteiger partial charge in [-0.2, -0.15) is 0 Å². The zero-order valence-corrected chi connectivity index (χ0v) is 58.1. The molecule has 4 aromatic rings. The molecule has 4 nitrogen and oxygen atoms in total. The van der Waals surface area contributed by atoms with E-state index in [1.807, 2.05) is 0 Å². The summed E-state index contributed by atoms with van der Waals surface area (Å²) in [6.07, 6.45) is 0. The van der Waals surface area contributed by atoms with Crippen molar-refractivity contribution in [1.82, 2.24) is 0 Å². The molecule has 0 saturated heterocycles. The van der Waals surface area contributed by atoms with Crippen molar-refractivity contribution in [3.8, 4) is 0 Å². The summed E-state index contributed by atoms with van der Waals surface area (Å²) in [4.78, 5) is 0. The molecule has 0 aromatic heterocycles. The van der Waals surface area contributed by atoms with Gasteiger partial charge in [0.15, 0.2) is 0 Å². The van der Waals surface area contributed by atoms with Crippen molar-refractivity contribution in [3.63, 3.8) is 0 Å². The summed E-state index contributed by atoms with van der Waals surface area (Å²) >= 11 is -18.5. The molecule has 0 bridgehead atoms. The van der Waals surface area contributed by atoms with E-state index < -0.39 is 84.2 Å². The molecule has 0 aliphatic carbocycles. The van der Waals surface area contributed by atoms with Crippen LogP contribution in [0.4, 0.5) is 0 Å². The van der Waals surface area contributed by atoms with Crippen LogP contribution in [0.2, 0.25) is 27.4 Å². The van der Waals surface area contributed by atoms with E-state index in [-0.39, 0.29) is 27.4 Å². The van der Waals surface area contributed by atoms with E-state index in [1.54, 1.807) is 0 Å². The normalized spacial score (nSPS) is 15.0. The predicted octanol–water partition coefficient (Wildman–Crippen LogP) is 15.3. The molecule has 0 N–H and O–H groups in total. The van der Waals surface area contributed by atoms with Crippen molar-refractivity contribution >= 4 is 98.5 Å². The molecular formula is C56H92O4SiSn4. The van der Waals surface area contributed by atoms with Gasteiger partial charge in [0.25, 0.3) is 0 Å². The van der Waals surface area contributed by atoms with E-state index in [1.165, 1.54) is 14.3 Å². The Balaban J connectivity index is 2.58. The van der Waals surface area contributed by atoms with Crippen LogP contribution in [0, 0.1) is 0 Å². The van der Waals surface area contributed by atoms with Crippen molar-refractivity contribution in [3.05, 3.63) is 121 Å². The molecule has 9 heteroatoms. The first kappa shape index (κ1) is 57.7. The van der Waals surface area contributed by atoms with Crippen LogP contribution in [0.1, 0.15) is 166 Å². The first-order chi connectivity index (χ1) is 29.2. The molecule has 0 amide bonds. The molecule has 4 rings (SSSR count). The van der Waals surface area contributed by atoms with Gasteiger partial charge in [0, 0.05) is 0 Å². The first-order valence-corrected chi connectivity index (χ1v) is 47.7. The molecular weight excluding hydrogens is 1240 g/mol. The number of rotatable bonds is 12. The van der Waals surface area contributed by atoms with Crippen molar-refractivity contribution in [1.29, 1.82) is 0 Å². The van der Waals surface area contributed by atoms with Gasteiger partial charge in [0.05, 0.1) is 0 Å². The summed E-state index contributed by atoms with van der Waals surface area (Å²) < 4.78 is 39.9. The van der Waals surface area contributed by atoms with Gasteiger partial charge >= 0.3 is 425 Å². The topological polar surface area (TPSA) is 36.9 Å².